The van der Waals surface area contributed by atoms with Crippen LogP contribution in [0.3, 0.4) is 0 Å². The summed E-state index contributed by atoms with van der Waals surface area (Å²) in [6, 6.07) is 9.05. The van der Waals surface area contributed by atoms with Crippen LogP contribution in [0.5, 0.6) is 0 Å². The Morgan fingerprint density at radius 2 is 1.84 bits per heavy atom. The molecule has 1 amide bonds. The van der Waals surface area contributed by atoms with Gasteiger partial charge in [-0.15, -0.1) is 0 Å². The molecule has 0 radical (unpaired) electrons. The van der Waals surface area contributed by atoms with E-state index in [9.17, 15) is 4.79 Å². The van der Waals surface area contributed by atoms with Gasteiger partial charge in [-0.3, -0.25) is 9.69 Å². The number of carbonyl (C=O) groups excluding carboxylic acids is 1. The monoisotopic (exact) mass is 505 g/mol. The van der Waals surface area contributed by atoms with Gasteiger partial charge in [-0.05, 0) is 43.4 Å². The second-order valence-corrected chi connectivity index (χ2v) is 10.2. The molecule has 10 nitrogen and oxygen atoms in total. The second-order valence-electron chi connectivity index (χ2n) is 10.2. The molecule has 5 N–H and O–H groups in total. The molecule has 0 spiro atoms. The first-order valence-electron chi connectivity index (χ1n) is 13.7. The number of hydrogen-bond acceptors (Lipinski definition) is 8. The molecule has 1 aromatic carbocycles. The quantitative estimate of drug-likeness (QED) is 0.275. The van der Waals surface area contributed by atoms with Crippen LogP contribution >= 0.6 is 0 Å². The number of carbonyl (C=O) groups is 1. The van der Waals surface area contributed by atoms with E-state index >= 15 is 0 Å². The summed E-state index contributed by atoms with van der Waals surface area (Å²) in [6.45, 7) is 6.00. The lowest BCUT2D eigenvalue weighted by Crippen LogP contribution is -2.42. The summed E-state index contributed by atoms with van der Waals surface area (Å²) in [6.07, 6.45) is 9.84. The smallest absolute Gasteiger partial charge is 0.226 e. The van der Waals surface area contributed by atoms with Crippen molar-refractivity contribution in [3.63, 3.8) is 0 Å². The highest BCUT2D eigenvalue weighted by molar-refractivity contribution is 5.86. The molecule has 1 saturated carbocycles. The summed E-state index contributed by atoms with van der Waals surface area (Å²) in [5.41, 5.74) is 9.20. The summed E-state index contributed by atoms with van der Waals surface area (Å²) >= 11 is 0. The van der Waals surface area contributed by atoms with E-state index < -0.39 is 0 Å². The number of amides is 1. The molecular formula is C27H39N9O. The Morgan fingerprint density at radius 3 is 2.59 bits per heavy atom. The lowest BCUT2D eigenvalue weighted by molar-refractivity contribution is -0.118. The Hall–Kier alpha value is -3.24. The highest BCUT2D eigenvalue weighted by Crippen LogP contribution is 2.33. The molecule has 10 heteroatoms. The highest BCUT2D eigenvalue weighted by Gasteiger charge is 2.22. The van der Waals surface area contributed by atoms with Gasteiger partial charge in [0.2, 0.25) is 11.9 Å². The molecule has 3 aromatic rings. The fourth-order valence-corrected chi connectivity index (χ4v) is 5.29. The fraction of sp³-hybridized carbons (Fsp3) is 0.556. The number of nitrogens with two attached hydrogens (primary N) is 1. The third kappa shape index (κ3) is 6.75. The maximum Gasteiger partial charge on any atom is 0.226 e. The molecule has 37 heavy (non-hydrogen) atoms. The maximum atomic E-state index is 11.0. The number of imidazole rings is 1. The normalized spacial score (nSPS) is 16.9. The summed E-state index contributed by atoms with van der Waals surface area (Å²) < 4.78 is 2.23. The Kier molecular flexibility index (Phi) is 8.47. The van der Waals surface area contributed by atoms with Crippen LogP contribution in [0.15, 0.2) is 30.6 Å². The van der Waals surface area contributed by atoms with Gasteiger partial charge in [-0.2, -0.15) is 9.97 Å². The number of unbranched alkanes of at least 4 members (excludes halogenated alkanes) is 2. The van der Waals surface area contributed by atoms with E-state index in [2.05, 4.69) is 49.7 Å². The van der Waals surface area contributed by atoms with Gasteiger partial charge < -0.3 is 26.3 Å². The first-order chi connectivity index (χ1) is 18.2. The predicted octanol–water partition coefficient (Wildman–Crippen LogP) is 3.55. The minimum absolute atomic E-state index is 0.241. The molecule has 1 saturated heterocycles. The summed E-state index contributed by atoms with van der Waals surface area (Å²) in [5, 5.41) is 10.3. The van der Waals surface area contributed by atoms with Gasteiger partial charge >= 0.3 is 0 Å². The van der Waals surface area contributed by atoms with Crippen molar-refractivity contribution in [2.24, 2.45) is 5.73 Å². The zero-order chi connectivity index (χ0) is 25.5. The number of nitrogens with one attached hydrogen (secondary N) is 3. The van der Waals surface area contributed by atoms with E-state index in [1.165, 1.54) is 18.4 Å². The molecule has 1 aliphatic carbocycles. The third-order valence-corrected chi connectivity index (χ3v) is 7.36. The van der Waals surface area contributed by atoms with Gasteiger partial charge in [0.15, 0.2) is 17.0 Å². The topological polar surface area (TPSA) is 126 Å². The summed E-state index contributed by atoms with van der Waals surface area (Å²) in [7, 11) is 0. The number of fused-ring (bicyclic) bond motifs is 1. The molecule has 0 bridgehead atoms. The number of aromatic nitrogens is 4. The molecule has 1 aliphatic heterocycles. The van der Waals surface area contributed by atoms with Gasteiger partial charge in [0.05, 0.1) is 6.33 Å². The Labute approximate surface area is 218 Å². The molecular weight excluding hydrogens is 466 g/mol. The van der Waals surface area contributed by atoms with E-state index in [1.807, 2.05) is 6.33 Å². The number of benzene rings is 1. The zero-order valence-corrected chi connectivity index (χ0v) is 21.6. The lowest BCUT2D eigenvalue weighted by Gasteiger charge is -2.27. The number of hydrogen-bond donors (Lipinski definition) is 4. The molecule has 2 fully saturated rings. The van der Waals surface area contributed by atoms with Gasteiger partial charge in [0.25, 0.3) is 0 Å². The van der Waals surface area contributed by atoms with Gasteiger partial charge in [0, 0.05) is 57.4 Å². The molecule has 2 aliphatic rings. The molecule has 5 rings (SSSR count). The Bertz CT molecular complexity index is 1160. The van der Waals surface area contributed by atoms with Crippen LogP contribution in [0.4, 0.5) is 17.5 Å². The van der Waals surface area contributed by atoms with Crippen LogP contribution in [0.2, 0.25) is 0 Å². The summed E-state index contributed by atoms with van der Waals surface area (Å²) in [4.78, 5) is 27.8. The van der Waals surface area contributed by atoms with Gasteiger partial charge in [0.1, 0.15) is 0 Å². The minimum atomic E-state index is -0.241. The number of piperazine rings is 1. The maximum absolute atomic E-state index is 11.0. The highest BCUT2D eigenvalue weighted by atomic mass is 16.1. The molecule has 0 atom stereocenters. The van der Waals surface area contributed by atoms with Gasteiger partial charge in [-0.25, -0.2) is 4.98 Å². The van der Waals surface area contributed by atoms with Crippen molar-refractivity contribution >= 4 is 34.5 Å². The molecule has 198 valence electrons. The average Bonchev–Trinajstić information content (AvgIpc) is 3.58. The van der Waals surface area contributed by atoms with Crippen LogP contribution in [-0.4, -0.2) is 63.0 Å². The average molecular weight is 506 g/mol. The van der Waals surface area contributed by atoms with Crippen molar-refractivity contribution in [2.45, 2.75) is 64.0 Å². The van der Waals surface area contributed by atoms with Crippen LogP contribution in [0.25, 0.3) is 11.2 Å². The van der Waals surface area contributed by atoms with Crippen LogP contribution < -0.4 is 21.7 Å². The predicted molar refractivity (Wildman–Crippen MR) is 147 cm³/mol. The lowest BCUT2D eigenvalue weighted by atomic mass is 10.2. The van der Waals surface area contributed by atoms with Crippen molar-refractivity contribution in [2.75, 3.05) is 43.4 Å². The largest absolute Gasteiger partial charge is 0.370 e. The fourth-order valence-electron chi connectivity index (χ4n) is 5.29. The number of rotatable bonds is 12. The van der Waals surface area contributed by atoms with Crippen molar-refractivity contribution in [1.29, 1.82) is 0 Å². The minimum Gasteiger partial charge on any atom is -0.370 e. The van der Waals surface area contributed by atoms with Crippen molar-refractivity contribution in [3.8, 4) is 0 Å². The van der Waals surface area contributed by atoms with Crippen LogP contribution in [0.1, 0.15) is 63.0 Å². The van der Waals surface area contributed by atoms with E-state index in [0.717, 1.165) is 88.2 Å². The number of nitrogens with zero attached hydrogens (tertiary/aromatic N) is 5. The Balaban J connectivity index is 1.30. The zero-order valence-electron chi connectivity index (χ0n) is 21.6. The van der Waals surface area contributed by atoms with Crippen LogP contribution in [0, 0.1) is 0 Å². The first-order valence-corrected chi connectivity index (χ1v) is 13.7. The molecule has 0 unspecified atom stereocenters. The third-order valence-electron chi connectivity index (χ3n) is 7.36. The summed E-state index contributed by atoms with van der Waals surface area (Å²) in [5.74, 6) is 1.07. The first kappa shape index (κ1) is 25.4. The van der Waals surface area contributed by atoms with Crippen molar-refractivity contribution in [3.05, 3.63) is 36.2 Å². The van der Waals surface area contributed by atoms with Crippen molar-refractivity contribution in [1.82, 2.24) is 29.7 Å². The molecule has 2 aromatic heterocycles. The van der Waals surface area contributed by atoms with Crippen molar-refractivity contribution < 1.29 is 4.79 Å². The van der Waals surface area contributed by atoms with Gasteiger partial charge in [-0.1, -0.05) is 31.4 Å². The standard InChI is InChI=1S/C27H39N9O/c28-23(37)8-2-1-5-13-30-27-33-25(24-26(34-27)36(19-31-24)22-6-3-4-7-22)32-21-11-9-20(10-12-21)18-35-16-14-29-15-17-35/h9-12,19,22,29H,1-8,13-18H2,(H2,28,37)(H2,30,32,33,34). The second kappa shape index (κ2) is 12.3. The van der Waals surface area contributed by atoms with E-state index in [-0.39, 0.29) is 5.91 Å². The van der Waals surface area contributed by atoms with E-state index in [0.29, 0.717) is 24.2 Å². The number of primary amides is 1. The van der Waals surface area contributed by atoms with E-state index in [1.54, 1.807) is 0 Å². The Morgan fingerprint density at radius 1 is 1.05 bits per heavy atom. The van der Waals surface area contributed by atoms with Crippen LogP contribution in [-0.2, 0) is 11.3 Å². The SMILES string of the molecule is NC(=O)CCCCCNc1nc(Nc2ccc(CN3CCNCC3)cc2)c2ncn(C3CCCC3)c2n1. The van der Waals surface area contributed by atoms with E-state index in [4.69, 9.17) is 20.7 Å². The number of anilines is 3. The molecule has 3 heterocycles.